The van der Waals surface area contributed by atoms with Crippen molar-refractivity contribution in [2.45, 2.75) is 140 Å². The van der Waals surface area contributed by atoms with E-state index in [0.29, 0.717) is 0 Å². The molecular weight excluding hydrogens is 348 g/mol. The normalized spacial score (nSPS) is 19.6. The highest BCUT2D eigenvalue weighted by atomic mass is 14.2. The molecule has 0 radical (unpaired) electrons. The van der Waals surface area contributed by atoms with Gasteiger partial charge in [-0.05, 0) is 60.2 Å². The lowest BCUT2D eigenvalue weighted by atomic mass is 9.81. The Morgan fingerprint density at radius 3 is 1.21 bits per heavy atom. The fourth-order valence-corrected chi connectivity index (χ4v) is 4.81. The molecule has 0 spiro atoms. The van der Waals surface area contributed by atoms with Gasteiger partial charge in [0.1, 0.15) is 0 Å². The summed E-state index contributed by atoms with van der Waals surface area (Å²) in [4.78, 5) is 0. The van der Waals surface area contributed by atoms with Crippen LogP contribution in [0.2, 0.25) is 0 Å². The van der Waals surface area contributed by atoms with Gasteiger partial charge in [-0.2, -0.15) is 0 Å². The molecule has 0 saturated carbocycles. The van der Waals surface area contributed by atoms with Crippen LogP contribution in [-0.4, -0.2) is 0 Å². The summed E-state index contributed by atoms with van der Waals surface area (Å²) in [6.45, 7) is 24.4. The fraction of sp³-hybridized carbons (Fsp3) is 1.00. The molecule has 176 valence electrons. The van der Waals surface area contributed by atoms with E-state index in [1.165, 1.54) is 70.6 Å². The van der Waals surface area contributed by atoms with Gasteiger partial charge in [-0.3, -0.25) is 0 Å². The van der Waals surface area contributed by atoms with Gasteiger partial charge in [0, 0.05) is 0 Å². The summed E-state index contributed by atoms with van der Waals surface area (Å²) < 4.78 is 0. The molecule has 0 rings (SSSR count). The Hall–Kier alpha value is 0. The number of rotatable bonds is 18. The van der Waals surface area contributed by atoms with Crippen molar-refractivity contribution in [1.29, 1.82) is 0 Å². The zero-order valence-corrected chi connectivity index (χ0v) is 22.4. The van der Waals surface area contributed by atoms with Gasteiger partial charge in [0.25, 0.3) is 0 Å². The molecule has 0 amide bonds. The standard InChI is InChI=1S/C29H60/c1-11-23(4)20-28(9)26(7)18-13-12-16-24(5)21-29(10)27(8)19-15-14-17-25(6)22(2)3/h22-29H,11-21H2,1-10H3. The lowest BCUT2D eigenvalue weighted by Crippen LogP contribution is -2.13. The highest BCUT2D eigenvalue weighted by Gasteiger charge is 2.17. The molecule has 7 atom stereocenters. The molecule has 0 aliphatic heterocycles. The number of hydrogen-bond acceptors (Lipinski definition) is 0. The van der Waals surface area contributed by atoms with E-state index < -0.39 is 0 Å². The second kappa shape index (κ2) is 16.7. The summed E-state index contributed by atoms with van der Waals surface area (Å²) in [5.41, 5.74) is 0. The van der Waals surface area contributed by atoms with Gasteiger partial charge in [0.2, 0.25) is 0 Å². The van der Waals surface area contributed by atoms with E-state index in [1.807, 2.05) is 0 Å². The molecule has 0 aromatic carbocycles. The van der Waals surface area contributed by atoms with Crippen LogP contribution in [0.25, 0.3) is 0 Å². The molecule has 0 saturated heterocycles. The smallest absolute Gasteiger partial charge is 0.0414 e. The van der Waals surface area contributed by atoms with Gasteiger partial charge < -0.3 is 0 Å². The van der Waals surface area contributed by atoms with Crippen LogP contribution in [0.4, 0.5) is 0 Å². The zero-order chi connectivity index (χ0) is 22.4. The molecule has 7 unspecified atom stereocenters. The van der Waals surface area contributed by atoms with Crippen molar-refractivity contribution in [3.63, 3.8) is 0 Å². The summed E-state index contributed by atoms with van der Waals surface area (Å²) in [6, 6.07) is 0. The fourth-order valence-electron chi connectivity index (χ4n) is 4.81. The Balaban J connectivity index is 3.88. The quantitative estimate of drug-likeness (QED) is 0.198. The molecule has 0 N–H and O–H groups in total. The van der Waals surface area contributed by atoms with E-state index >= 15 is 0 Å². The maximum absolute atomic E-state index is 2.51. The third kappa shape index (κ3) is 14.6. The van der Waals surface area contributed by atoms with Crippen molar-refractivity contribution in [3.05, 3.63) is 0 Å². The number of unbranched alkanes of at least 4 members (excludes halogenated alkanes) is 2. The molecule has 0 aromatic heterocycles. The minimum atomic E-state index is 0.846. The number of hydrogen-bond donors (Lipinski definition) is 0. The van der Waals surface area contributed by atoms with E-state index in [4.69, 9.17) is 0 Å². The first kappa shape index (κ1) is 29.0. The first-order valence-corrected chi connectivity index (χ1v) is 13.6. The van der Waals surface area contributed by atoms with Gasteiger partial charge in [-0.15, -0.1) is 0 Å². The van der Waals surface area contributed by atoms with Crippen LogP contribution in [0, 0.1) is 47.3 Å². The van der Waals surface area contributed by atoms with Gasteiger partial charge in [0.05, 0.1) is 0 Å². The second-order valence-corrected chi connectivity index (χ2v) is 11.8. The Morgan fingerprint density at radius 2 is 0.793 bits per heavy atom. The van der Waals surface area contributed by atoms with E-state index in [9.17, 15) is 0 Å². The molecule has 0 aliphatic rings. The molecule has 0 aliphatic carbocycles. The maximum atomic E-state index is 2.51. The maximum Gasteiger partial charge on any atom is -0.0414 e. The lowest BCUT2D eigenvalue weighted by molar-refractivity contribution is 0.269. The lowest BCUT2D eigenvalue weighted by Gasteiger charge is -2.25. The summed E-state index contributed by atoms with van der Waals surface area (Å²) in [6.07, 6.45) is 15.7. The van der Waals surface area contributed by atoms with E-state index in [-0.39, 0.29) is 0 Å². The topological polar surface area (TPSA) is 0 Å². The van der Waals surface area contributed by atoms with Crippen LogP contribution in [0.3, 0.4) is 0 Å². The van der Waals surface area contributed by atoms with Crippen LogP contribution in [0.1, 0.15) is 140 Å². The minimum absolute atomic E-state index is 0.846. The van der Waals surface area contributed by atoms with Crippen LogP contribution >= 0.6 is 0 Å². The Morgan fingerprint density at radius 1 is 0.414 bits per heavy atom. The predicted octanol–water partition coefficient (Wildman–Crippen LogP) is 10.4. The molecular formula is C29H60. The van der Waals surface area contributed by atoms with Crippen molar-refractivity contribution >= 4 is 0 Å². The van der Waals surface area contributed by atoms with Crippen molar-refractivity contribution in [2.24, 2.45) is 47.3 Å². The molecule has 0 heterocycles. The van der Waals surface area contributed by atoms with Crippen molar-refractivity contribution in [1.82, 2.24) is 0 Å². The van der Waals surface area contributed by atoms with Crippen molar-refractivity contribution in [3.8, 4) is 0 Å². The Bertz CT molecular complexity index is 357. The van der Waals surface area contributed by atoms with Gasteiger partial charge >= 0.3 is 0 Å². The molecule has 29 heavy (non-hydrogen) atoms. The molecule has 0 bridgehead atoms. The molecule has 0 nitrogen and oxygen atoms in total. The summed E-state index contributed by atoms with van der Waals surface area (Å²) in [7, 11) is 0. The summed E-state index contributed by atoms with van der Waals surface area (Å²) in [5, 5.41) is 0. The summed E-state index contributed by atoms with van der Waals surface area (Å²) >= 11 is 0. The van der Waals surface area contributed by atoms with Crippen LogP contribution in [0.5, 0.6) is 0 Å². The van der Waals surface area contributed by atoms with Gasteiger partial charge in [-0.1, -0.05) is 127 Å². The third-order valence-corrected chi connectivity index (χ3v) is 8.50. The summed E-state index contributed by atoms with van der Waals surface area (Å²) in [5.74, 6) is 7.12. The van der Waals surface area contributed by atoms with Crippen LogP contribution < -0.4 is 0 Å². The zero-order valence-electron chi connectivity index (χ0n) is 22.4. The van der Waals surface area contributed by atoms with Gasteiger partial charge in [-0.25, -0.2) is 0 Å². The highest BCUT2D eigenvalue weighted by Crippen LogP contribution is 2.29. The van der Waals surface area contributed by atoms with Crippen molar-refractivity contribution in [2.75, 3.05) is 0 Å². The van der Waals surface area contributed by atoms with Crippen LogP contribution in [0.15, 0.2) is 0 Å². The monoisotopic (exact) mass is 408 g/mol. The van der Waals surface area contributed by atoms with Crippen LogP contribution in [-0.2, 0) is 0 Å². The minimum Gasteiger partial charge on any atom is -0.0651 e. The van der Waals surface area contributed by atoms with Crippen molar-refractivity contribution < 1.29 is 0 Å². The van der Waals surface area contributed by atoms with E-state index in [2.05, 4.69) is 69.2 Å². The SMILES string of the molecule is CCC(C)CC(C)C(C)CCCCC(C)CC(C)C(C)CCCCC(C)C(C)C. The molecule has 0 fully saturated rings. The molecule has 0 aromatic rings. The van der Waals surface area contributed by atoms with E-state index in [1.54, 1.807) is 0 Å². The predicted molar refractivity (Wildman–Crippen MR) is 135 cm³/mol. The van der Waals surface area contributed by atoms with Gasteiger partial charge in [0.15, 0.2) is 0 Å². The average molecular weight is 409 g/mol. The average Bonchev–Trinajstić information content (AvgIpc) is 2.67. The Labute approximate surface area is 187 Å². The second-order valence-electron chi connectivity index (χ2n) is 11.8. The van der Waals surface area contributed by atoms with E-state index in [0.717, 1.165) is 47.3 Å². The third-order valence-electron chi connectivity index (χ3n) is 8.50. The first-order valence-electron chi connectivity index (χ1n) is 13.6. The first-order chi connectivity index (χ1) is 13.6. The largest absolute Gasteiger partial charge is 0.0651 e. The highest BCUT2D eigenvalue weighted by molar-refractivity contribution is 4.69. The molecule has 0 heteroatoms. The Kier molecular flexibility index (Phi) is 16.7.